The van der Waals surface area contributed by atoms with E-state index in [0.717, 1.165) is 0 Å². The molecule has 2 N–H and O–H groups in total. The van der Waals surface area contributed by atoms with Crippen LogP contribution in [0.1, 0.15) is 25.0 Å². The summed E-state index contributed by atoms with van der Waals surface area (Å²) in [5.74, 6) is -1.13. The quantitative estimate of drug-likeness (QED) is 0.906. The molecule has 0 spiro atoms. The number of rotatable bonds is 4. The van der Waals surface area contributed by atoms with E-state index in [-0.39, 0.29) is 5.91 Å². The molecule has 1 unspecified atom stereocenters. The Kier molecular flexibility index (Phi) is 4.08. The molecular formula is C17H17NO3. The highest BCUT2D eigenvalue weighted by atomic mass is 16.4. The predicted octanol–water partition coefficient (Wildman–Crippen LogP) is 3.04. The van der Waals surface area contributed by atoms with Gasteiger partial charge in [-0.15, -0.1) is 0 Å². The van der Waals surface area contributed by atoms with Crippen molar-refractivity contribution >= 4 is 17.6 Å². The van der Waals surface area contributed by atoms with Crippen LogP contribution in [0.4, 0.5) is 5.69 Å². The molecule has 2 rings (SSSR count). The second-order valence-corrected chi connectivity index (χ2v) is 5.06. The molecule has 108 valence electrons. The molecule has 4 nitrogen and oxygen atoms in total. The van der Waals surface area contributed by atoms with Gasteiger partial charge < -0.3 is 10.4 Å². The first-order chi connectivity index (χ1) is 9.94. The summed E-state index contributed by atoms with van der Waals surface area (Å²) in [7, 11) is 0. The minimum absolute atomic E-state index is 0.191. The number of anilines is 1. The summed E-state index contributed by atoms with van der Waals surface area (Å²) >= 11 is 0. The van der Waals surface area contributed by atoms with Gasteiger partial charge in [-0.05, 0) is 30.2 Å². The highest BCUT2D eigenvalue weighted by Gasteiger charge is 2.37. The number of hydrogen-bond donors (Lipinski definition) is 2. The molecule has 4 heteroatoms. The molecule has 0 aliphatic carbocycles. The van der Waals surface area contributed by atoms with Crippen LogP contribution in [0.2, 0.25) is 0 Å². The molecule has 1 amide bonds. The highest BCUT2D eigenvalue weighted by Crippen LogP contribution is 2.33. The van der Waals surface area contributed by atoms with Crippen LogP contribution in [0.5, 0.6) is 0 Å². The standard InChI is InChI=1S/C17H17NO3/c1-12(19)18-15-10-6-9-14(11-15)17(2,16(20)21)13-7-4-3-5-8-13/h3-11H,1-2H3,(H,18,19)(H,20,21). The molecular weight excluding hydrogens is 266 g/mol. The van der Waals surface area contributed by atoms with Gasteiger partial charge in [0.2, 0.25) is 5.91 Å². The van der Waals surface area contributed by atoms with Crippen LogP contribution in [-0.2, 0) is 15.0 Å². The fourth-order valence-corrected chi connectivity index (χ4v) is 2.30. The first kappa shape index (κ1) is 14.8. The molecule has 0 aromatic heterocycles. The van der Waals surface area contributed by atoms with Gasteiger partial charge in [0.15, 0.2) is 0 Å². The zero-order chi connectivity index (χ0) is 15.5. The van der Waals surface area contributed by atoms with Crippen LogP contribution < -0.4 is 5.32 Å². The van der Waals surface area contributed by atoms with Crippen LogP contribution in [0, 0.1) is 0 Å². The van der Waals surface area contributed by atoms with Gasteiger partial charge in [0.1, 0.15) is 5.41 Å². The average molecular weight is 283 g/mol. The van der Waals surface area contributed by atoms with Crippen molar-refractivity contribution in [1.29, 1.82) is 0 Å². The summed E-state index contributed by atoms with van der Waals surface area (Å²) < 4.78 is 0. The second-order valence-electron chi connectivity index (χ2n) is 5.06. The lowest BCUT2D eigenvalue weighted by Gasteiger charge is -2.26. The Morgan fingerprint density at radius 1 is 1.00 bits per heavy atom. The van der Waals surface area contributed by atoms with Crippen molar-refractivity contribution in [3.05, 3.63) is 65.7 Å². The van der Waals surface area contributed by atoms with Crippen molar-refractivity contribution in [2.75, 3.05) is 5.32 Å². The maximum atomic E-state index is 11.9. The smallest absolute Gasteiger partial charge is 0.318 e. The van der Waals surface area contributed by atoms with E-state index in [9.17, 15) is 14.7 Å². The largest absolute Gasteiger partial charge is 0.480 e. The first-order valence-corrected chi connectivity index (χ1v) is 6.61. The first-order valence-electron chi connectivity index (χ1n) is 6.61. The Labute approximate surface area is 123 Å². The molecule has 0 heterocycles. The third-order valence-corrected chi connectivity index (χ3v) is 3.54. The molecule has 1 atom stereocenters. The van der Waals surface area contributed by atoms with Crippen LogP contribution in [0.3, 0.4) is 0 Å². The predicted molar refractivity (Wildman–Crippen MR) is 81.3 cm³/mol. The van der Waals surface area contributed by atoms with Crippen LogP contribution in [0.25, 0.3) is 0 Å². The third-order valence-electron chi connectivity index (χ3n) is 3.54. The second kappa shape index (κ2) is 5.79. The lowest BCUT2D eigenvalue weighted by Crippen LogP contribution is -2.33. The molecule has 0 radical (unpaired) electrons. The SMILES string of the molecule is CC(=O)Nc1cccc(C(C)(C(=O)O)c2ccccc2)c1. The summed E-state index contributed by atoms with van der Waals surface area (Å²) in [6.45, 7) is 3.08. The fourth-order valence-electron chi connectivity index (χ4n) is 2.30. The maximum Gasteiger partial charge on any atom is 0.318 e. The molecule has 2 aromatic carbocycles. The van der Waals surface area contributed by atoms with E-state index in [1.54, 1.807) is 43.3 Å². The molecule has 0 saturated carbocycles. The number of benzene rings is 2. The van der Waals surface area contributed by atoms with Gasteiger partial charge in [0.25, 0.3) is 0 Å². The Balaban J connectivity index is 2.53. The van der Waals surface area contributed by atoms with Crippen molar-refractivity contribution in [3.63, 3.8) is 0 Å². The summed E-state index contributed by atoms with van der Waals surface area (Å²) in [6.07, 6.45) is 0. The summed E-state index contributed by atoms with van der Waals surface area (Å²) in [6, 6.07) is 16.0. The summed E-state index contributed by atoms with van der Waals surface area (Å²) in [5.41, 5.74) is 0.726. The highest BCUT2D eigenvalue weighted by molar-refractivity contribution is 5.90. The monoisotopic (exact) mass is 283 g/mol. The van der Waals surface area contributed by atoms with Crippen LogP contribution in [0.15, 0.2) is 54.6 Å². The molecule has 0 aliphatic rings. The van der Waals surface area contributed by atoms with E-state index in [0.29, 0.717) is 16.8 Å². The van der Waals surface area contributed by atoms with Crippen LogP contribution >= 0.6 is 0 Å². The van der Waals surface area contributed by atoms with E-state index in [2.05, 4.69) is 5.32 Å². The molecule has 0 aliphatic heterocycles. The van der Waals surface area contributed by atoms with Crippen molar-refractivity contribution < 1.29 is 14.7 Å². The molecule has 0 bridgehead atoms. The van der Waals surface area contributed by atoms with E-state index in [1.165, 1.54) is 6.92 Å². The van der Waals surface area contributed by atoms with Crippen molar-refractivity contribution in [2.24, 2.45) is 0 Å². The van der Waals surface area contributed by atoms with Gasteiger partial charge in [-0.2, -0.15) is 0 Å². The number of hydrogen-bond acceptors (Lipinski definition) is 2. The number of carbonyl (C=O) groups excluding carboxylic acids is 1. The molecule has 2 aromatic rings. The molecule has 0 saturated heterocycles. The number of nitrogens with one attached hydrogen (secondary N) is 1. The summed E-state index contributed by atoms with van der Waals surface area (Å²) in [5, 5.41) is 12.4. The van der Waals surface area contributed by atoms with Gasteiger partial charge in [0, 0.05) is 12.6 Å². The average Bonchev–Trinajstić information content (AvgIpc) is 2.46. The number of amides is 1. The van der Waals surface area contributed by atoms with Crippen LogP contribution in [-0.4, -0.2) is 17.0 Å². The minimum atomic E-state index is -1.17. The Morgan fingerprint density at radius 2 is 1.62 bits per heavy atom. The Morgan fingerprint density at radius 3 is 2.19 bits per heavy atom. The molecule has 21 heavy (non-hydrogen) atoms. The minimum Gasteiger partial charge on any atom is -0.480 e. The van der Waals surface area contributed by atoms with Gasteiger partial charge in [-0.1, -0.05) is 42.5 Å². The topological polar surface area (TPSA) is 66.4 Å². The zero-order valence-corrected chi connectivity index (χ0v) is 12.0. The number of carbonyl (C=O) groups is 2. The van der Waals surface area contributed by atoms with Gasteiger partial charge in [0.05, 0.1) is 0 Å². The fraction of sp³-hybridized carbons (Fsp3) is 0.176. The molecule has 0 fully saturated rings. The van der Waals surface area contributed by atoms with Gasteiger partial charge in [-0.25, -0.2) is 0 Å². The number of carboxylic acids is 1. The lowest BCUT2D eigenvalue weighted by molar-refractivity contribution is -0.141. The van der Waals surface area contributed by atoms with Crippen molar-refractivity contribution in [1.82, 2.24) is 0 Å². The van der Waals surface area contributed by atoms with E-state index in [4.69, 9.17) is 0 Å². The third kappa shape index (κ3) is 2.94. The maximum absolute atomic E-state index is 11.9. The number of carboxylic acid groups (broad SMARTS) is 1. The zero-order valence-electron chi connectivity index (χ0n) is 12.0. The summed E-state index contributed by atoms with van der Waals surface area (Å²) in [4.78, 5) is 23.0. The van der Waals surface area contributed by atoms with Gasteiger partial charge >= 0.3 is 5.97 Å². The van der Waals surface area contributed by atoms with E-state index < -0.39 is 11.4 Å². The number of aliphatic carboxylic acids is 1. The van der Waals surface area contributed by atoms with E-state index in [1.807, 2.05) is 18.2 Å². The Hall–Kier alpha value is -2.62. The van der Waals surface area contributed by atoms with E-state index >= 15 is 0 Å². The Bertz CT molecular complexity index is 667. The van der Waals surface area contributed by atoms with Crippen molar-refractivity contribution in [3.8, 4) is 0 Å². The normalized spacial score (nSPS) is 13.2. The van der Waals surface area contributed by atoms with Crippen molar-refractivity contribution in [2.45, 2.75) is 19.3 Å². The lowest BCUT2D eigenvalue weighted by atomic mass is 9.76. The van der Waals surface area contributed by atoms with Gasteiger partial charge in [-0.3, -0.25) is 9.59 Å².